The summed E-state index contributed by atoms with van der Waals surface area (Å²) in [7, 11) is -3.74. The molecular formula is C21H17ClN4O4S. The predicted octanol–water partition coefficient (Wildman–Crippen LogP) is 2.12. The van der Waals surface area contributed by atoms with Crippen LogP contribution in [0.1, 0.15) is 15.9 Å². The van der Waals surface area contributed by atoms with E-state index in [1.54, 1.807) is 42.5 Å². The van der Waals surface area contributed by atoms with Gasteiger partial charge in [-0.2, -0.15) is 0 Å². The maximum Gasteiger partial charge on any atom is 0.265 e. The molecule has 2 heterocycles. The molecule has 0 saturated heterocycles. The number of sulfonamides is 1. The molecule has 10 heteroatoms. The number of halogens is 1. The number of rotatable bonds is 5. The van der Waals surface area contributed by atoms with Crippen LogP contribution in [-0.4, -0.2) is 30.3 Å². The van der Waals surface area contributed by atoms with Crippen molar-refractivity contribution in [1.82, 2.24) is 14.7 Å². The van der Waals surface area contributed by atoms with Crippen molar-refractivity contribution in [2.75, 3.05) is 6.54 Å². The number of hydrogen-bond acceptors (Lipinski definition) is 5. The molecule has 2 aromatic heterocycles. The summed E-state index contributed by atoms with van der Waals surface area (Å²) in [5.74, 6) is -0.346. The largest absolute Gasteiger partial charge is 0.352 e. The highest BCUT2D eigenvalue weighted by atomic mass is 35.5. The molecule has 8 nitrogen and oxygen atoms in total. The standard InChI is InChI=1S/C21H17ClN4O4S/c22-15-4-7-18-17(11-15)21(28)26-12-14(3-8-19(26)25-18)20(27)24-10-9-13-1-5-16(6-2-13)31(23,29)30/h1-8,11-12H,9-10H2,(H,24,27)(H2,23,29,30). The Morgan fingerprint density at radius 2 is 1.84 bits per heavy atom. The van der Waals surface area contributed by atoms with Crippen LogP contribution in [0.2, 0.25) is 5.02 Å². The van der Waals surface area contributed by atoms with Gasteiger partial charge in [-0.05, 0) is 54.4 Å². The fourth-order valence-electron chi connectivity index (χ4n) is 3.18. The number of carbonyl (C=O) groups is 1. The Labute approximate surface area is 182 Å². The summed E-state index contributed by atoms with van der Waals surface area (Å²) in [5, 5.41) is 8.66. The molecular weight excluding hydrogens is 440 g/mol. The summed E-state index contributed by atoms with van der Waals surface area (Å²) in [5.41, 5.74) is 1.79. The number of carbonyl (C=O) groups excluding carboxylic acids is 1. The molecule has 0 aliphatic carbocycles. The second-order valence-corrected chi connectivity index (χ2v) is 8.92. The molecule has 158 valence electrons. The van der Waals surface area contributed by atoms with Gasteiger partial charge in [0.15, 0.2) is 0 Å². The minimum atomic E-state index is -3.74. The van der Waals surface area contributed by atoms with Crippen molar-refractivity contribution in [3.63, 3.8) is 0 Å². The lowest BCUT2D eigenvalue weighted by Gasteiger charge is -2.08. The minimum absolute atomic E-state index is 0.0318. The van der Waals surface area contributed by atoms with Crippen molar-refractivity contribution in [3.05, 3.63) is 87.3 Å². The normalized spacial score (nSPS) is 11.7. The van der Waals surface area contributed by atoms with Crippen molar-refractivity contribution in [2.45, 2.75) is 11.3 Å². The van der Waals surface area contributed by atoms with Gasteiger partial charge >= 0.3 is 0 Å². The quantitative estimate of drug-likeness (QED) is 0.445. The van der Waals surface area contributed by atoms with Gasteiger partial charge in [0.05, 0.1) is 21.4 Å². The smallest absolute Gasteiger partial charge is 0.265 e. The van der Waals surface area contributed by atoms with Crippen LogP contribution in [-0.2, 0) is 16.4 Å². The number of fused-ring (bicyclic) bond motifs is 2. The van der Waals surface area contributed by atoms with Gasteiger partial charge in [0, 0.05) is 17.8 Å². The van der Waals surface area contributed by atoms with Crippen LogP contribution in [0.25, 0.3) is 16.6 Å². The SMILES string of the molecule is NS(=O)(=O)c1ccc(CCNC(=O)c2ccc3nc4ccc(Cl)cc4c(=O)n3c2)cc1. The third kappa shape index (κ3) is 4.43. The van der Waals surface area contributed by atoms with Crippen molar-refractivity contribution >= 4 is 44.1 Å². The van der Waals surface area contributed by atoms with Gasteiger partial charge in [0.25, 0.3) is 11.5 Å². The molecule has 0 aliphatic heterocycles. The van der Waals surface area contributed by atoms with Gasteiger partial charge in [-0.15, -0.1) is 0 Å². The molecule has 0 atom stereocenters. The van der Waals surface area contributed by atoms with E-state index in [-0.39, 0.29) is 16.4 Å². The molecule has 0 bridgehead atoms. The molecule has 4 rings (SSSR count). The van der Waals surface area contributed by atoms with E-state index in [0.717, 1.165) is 5.56 Å². The topological polar surface area (TPSA) is 124 Å². The molecule has 0 radical (unpaired) electrons. The van der Waals surface area contributed by atoms with Crippen molar-refractivity contribution in [3.8, 4) is 0 Å². The molecule has 3 N–H and O–H groups in total. The lowest BCUT2D eigenvalue weighted by atomic mass is 10.1. The Bertz CT molecular complexity index is 1480. The van der Waals surface area contributed by atoms with E-state index in [2.05, 4.69) is 10.3 Å². The Morgan fingerprint density at radius 1 is 1.10 bits per heavy atom. The summed E-state index contributed by atoms with van der Waals surface area (Å²) in [6.07, 6.45) is 1.94. The van der Waals surface area contributed by atoms with E-state index in [0.29, 0.717) is 40.1 Å². The number of nitrogens with one attached hydrogen (secondary N) is 1. The number of primary sulfonamides is 1. The van der Waals surface area contributed by atoms with Crippen molar-refractivity contribution in [1.29, 1.82) is 0 Å². The molecule has 0 aliphatic rings. The van der Waals surface area contributed by atoms with Crippen LogP contribution in [0, 0.1) is 0 Å². The van der Waals surface area contributed by atoms with Crippen LogP contribution in [0.5, 0.6) is 0 Å². The minimum Gasteiger partial charge on any atom is -0.352 e. The summed E-state index contributed by atoms with van der Waals surface area (Å²) in [6, 6.07) is 14.2. The number of hydrogen-bond donors (Lipinski definition) is 2. The average Bonchev–Trinajstić information content (AvgIpc) is 2.74. The van der Waals surface area contributed by atoms with E-state index in [4.69, 9.17) is 16.7 Å². The number of nitrogens with two attached hydrogens (primary N) is 1. The number of nitrogens with zero attached hydrogens (tertiary/aromatic N) is 2. The van der Waals surface area contributed by atoms with Crippen molar-refractivity contribution < 1.29 is 13.2 Å². The average molecular weight is 457 g/mol. The molecule has 0 saturated carbocycles. The molecule has 0 spiro atoms. The van der Waals surface area contributed by atoms with Crippen molar-refractivity contribution in [2.24, 2.45) is 5.14 Å². The van der Waals surface area contributed by atoms with E-state index >= 15 is 0 Å². The third-order valence-corrected chi connectivity index (χ3v) is 5.95. The summed E-state index contributed by atoms with van der Waals surface area (Å²) >= 11 is 5.99. The molecule has 31 heavy (non-hydrogen) atoms. The van der Waals surface area contributed by atoms with Gasteiger partial charge in [-0.1, -0.05) is 23.7 Å². The fourth-order valence-corrected chi connectivity index (χ4v) is 3.87. The highest BCUT2D eigenvalue weighted by Gasteiger charge is 2.11. The lowest BCUT2D eigenvalue weighted by Crippen LogP contribution is -2.27. The van der Waals surface area contributed by atoms with Gasteiger partial charge in [-0.3, -0.25) is 14.0 Å². The van der Waals surface area contributed by atoms with Gasteiger partial charge in [0.1, 0.15) is 5.65 Å². The molecule has 2 aromatic carbocycles. The Morgan fingerprint density at radius 3 is 2.55 bits per heavy atom. The Kier molecular flexibility index (Phi) is 5.48. The zero-order valence-corrected chi connectivity index (χ0v) is 17.7. The molecule has 0 unspecified atom stereocenters. The highest BCUT2D eigenvalue weighted by molar-refractivity contribution is 7.89. The molecule has 4 aromatic rings. The number of aromatic nitrogens is 2. The Balaban J connectivity index is 1.50. The maximum absolute atomic E-state index is 12.8. The summed E-state index contributed by atoms with van der Waals surface area (Å²) in [4.78, 5) is 29.8. The predicted molar refractivity (Wildman–Crippen MR) is 118 cm³/mol. The first-order chi connectivity index (χ1) is 14.7. The fraction of sp³-hybridized carbons (Fsp3) is 0.0952. The second kappa shape index (κ2) is 8.10. The zero-order valence-electron chi connectivity index (χ0n) is 16.1. The number of pyridine rings is 1. The van der Waals surface area contributed by atoms with Gasteiger partial charge in [-0.25, -0.2) is 18.5 Å². The number of amides is 1. The first kappa shape index (κ1) is 21.0. The first-order valence-electron chi connectivity index (χ1n) is 9.24. The van der Waals surface area contributed by atoms with Gasteiger partial charge in [0.2, 0.25) is 10.0 Å². The lowest BCUT2D eigenvalue weighted by molar-refractivity contribution is 0.0953. The molecule has 1 amide bonds. The van der Waals surface area contributed by atoms with Crippen LogP contribution in [0.4, 0.5) is 0 Å². The van der Waals surface area contributed by atoms with Gasteiger partial charge < -0.3 is 5.32 Å². The summed E-state index contributed by atoms with van der Waals surface area (Å²) in [6.45, 7) is 0.325. The maximum atomic E-state index is 12.8. The Hall–Kier alpha value is -3.27. The third-order valence-electron chi connectivity index (χ3n) is 4.78. The van der Waals surface area contributed by atoms with Crippen LogP contribution >= 0.6 is 11.6 Å². The second-order valence-electron chi connectivity index (χ2n) is 6.92. The van der Waals surface area contributed by atoms with E-state index < -0.39 is 10.0 Å². The first-order valence-corrected chi connectivity index (χ1v) is 11.2. The van der Waals surface area contributed by atoms with Crippen LogP contribution < -0.4 is 16.0 Å². The monoisotopic (exact) mass is 456 g/mol. The van der Waals surface area contributed by atoms with E-state index in [1.807, 2.05) is 0 Å². The highest BCUT2D eigenvalue weighted by Crippen LogP contribution is 2.16. The van der Waals surface area contributed by atoms with Crippen LogP contribution in [0.3, 0.4) is 0 Å². The summed E-state index contributed by atoms with van der Waals surface area (Å²) < 4.78 is 23.9. The molecule has 0 fully saturated rings. The van der Waals surface area contributed by atoms with Crippen LogP contribution in [0.15, 0.2) is 70.5 Å². The van der Waals surface area contributed by atoms with E-state index in [9.17, 15) is 18.0 Å². The number of benzene rings is 2. The zero-order chi connectivity index (χ0) is 22.2. The van der Waals surface area contributed by atoms with E-state index in [1.165, 1.54) is 22.7 Å².